The summed E-state index contributed by atoms with van der Waals surface area (Å²) in [6, 6.07) is 6.74. The molecule has 0 unspecified atom stereocenters. The van der Waals surface area contributed by atoms with Crippen LogP contribution in [-0.2, 0) is 14.3 Å². The molecule has 0 aliphatic carbocycles. The molecule has 1 N–H and O–H groups in total. The van der Waals surface area contributed by atoms with Gasteiger partial charge >= 0.3 is 5.97 Å². The number of hydrogen-bond donors (Lipinski definition) is 1. The Kier molecular flexibility index (Phi) is 6.79. The van der Waals surface area contributed by atoms with Crippen molar-refractivity contribution in [3.8, 4) is 0 Å². The molecule has 136 valence electrons. The monoisotopic (exact) mass is 423 g/mol. The normalized spacial score (nSPS) is 10.1. The van der Waals surface area contributed by atoms with E-state index in [2.05, 4.69) is 26.2 Å². The van der Waals surface area contributed by atoms with Gasteiger partial charge in [-0.1, -0.05) is 0 Å². The Morgan fingerprint density at radius 2 is 1.92 bits per heavy atom. The van der Waals surface area contributed by atoms with E-state index >= 15 is 0 Å². The molecule has 1 aromatic heterocycles. The van der Waals surface area contributed by atoms with Crippen molar-refractivity contribution in [2.45, 2.75) is 0 Å². The molecule has 0 atom stereocenters. The Morgan fingerprint density at radius 3 is 2.58 bits per heavy atom. The predicted octanol–water partition coefficient (Wildman–Crippen LogP) is 2.24. The fraction of sp³-hybridized carbons (Fsp3) is 0.176. The molecule has 1 aromatic carbocycles. The van der Waals surface area contributed by atoms with Crippen molar-refractivity contribution in [1.82, 2.24) is 9.88 Å². The molecule has 0 aliphatic rings. The lowest BCUT2D eigenvalue weighted by atomic mass is 10.3. The number of rotatable bonds is 6. The van der Waals surface area contributed by atoms with Gasteiger partial charge in [0.05, 0.1) is 12.1 Å². The van der Waals surface area contributed by atoms with Gasteiger partial charge in [-0.3, -0.25) is 14.6 Å². The van der Waals surface area contributed by atoms with Gasteiger partial charge in [0.1, 0.15) is 5.82 Å². The molecule has 9 heteroatoms. The molecule has 2 rings (SSSR count). The van der Waals surface area contributed by atoms with Gasteiger partial charge in [-0.05, 0) is 46.3 Å². The molecular formula is C17H15BrFN3O4. The summed E-state index contributed by atoms with van der Waals surface area (Å²) in [7, 11) is 1.40. The Hall–Kier alpha value is -2.81. The quantitative estimate of drug-likeness (QED) is 0.719. The van der Waals surface area contributed by atoms with Crippen LogP contribution in [0.25, 0.3) is 0 Å². The van der Waals surface area contributed by atoms with E-state index in [-0.39, 0.29) is 12.1 Å². The van der Waals surface area contributed by atoms with Gasteiger partial charge in [0.25, 0.3) is 5.91 Å². The fourth-order valence-corrected chi connectivity index (χ4v) is 2.25. The standard InChI is InChI=1S/C17H15BrFN3O4/c1-22(9-15(23)21-14-4-2-13(19)3-5-14)16(24)10-26-17(25)11-6-12(18)8-20-7-11/h2-8H,9-10H2,1H3,(H,21,23). The van der Waals surface area contributed by atoms with Crippen LogP contribution in [0, 0.1) is 5.82 Å². The first-order valence-electron chi connectivity index (χ1n) is 7.42. The molecule has 2 aromatic rings. The first-order valence-corrected chi connectivity index (χ1v) is 8.21. The lowest BCUT2D eigenvalue weighted by molar-refractivity contribution is -0.136. The van der Waals surface area contributed by atoms with Crippen LogP contribution in [-0.4, -0.2) is 47.9 Å². The third-order valence-electron chi connectivity index (χ3n) is 3.20. The summed E-state index contributed by atoms with van der Waals surface area (Å²) >= 11 is 3.18. The second kappa shape index (κ2) is 9.04. The van der Waals surface area contributed by atoms with Crippen molar-refractivity contribution in [3.63, 3.8) is 0 Å². The van der Waals surface area contributed by atoms with Crippen LogP contribution in [0.15, 0.2) is 47.2 Å². The number of carbonyl (C=O) groups is 3. The smallest absolute Gasteiger partial charge is 0.340 e. The van der Waals surface area contributed by atoms with E-state index in [4.69, 9.17) is 4.74 Å². The Bertz CT molecular complexity index is 814. The van der Waals surface area contributed by atoms with E-state index in [0.29, 0.717) is 10.2 Å². The van der Waals surface area contributed by atoms with Gasteiger partial charge in [0.15, 0.2) is 6.61 Å². The maximum absolute atomic E-state index is 12.8. The first-order chi connectivity index (χ1) is 12.3. The second-order valence-corrected chi connectivity index (χ2v) is 6.19. The van der Waals surface area contributed by atoms with E-state index < -0.39 is 30.2 Å². The number of anilines is 1. The minimum absolute atomic E-state index is 0.198. The average molecular weight is 424 g/mol. The maximum Gasteiger partial charge on any atom is 0.340 e. The number of nitrogens with one attached hydrogen (secondary N) is 1. The first kappa shape index (κ1) is 19.5. The number of aromatic nitrogens is 1. The van der Waals surface area contributed by atoms with Gasteiger partial charge in [0.2, 0.25) is 5.91 Å². The number of ether oxygens (including phenoxy) is 1. The van der Waals surface area contributed by atoms with Gasteiger partial charge in [-0.2, -0.15) is 0 Å². The molecule has 1 heterocycles. The lowest BCUT2D eigenvalue weighted by Crippen LogP contribution is -2.37. The summed E-state index contributed by atoms with van der Waals surface area (Å²) in [5.74, 6) is -2.13. The molecule has 0 aliphatic heterocycles. The van der Waals surface area contributed by atoms with Crippen LogP contribution in [0.2, 0.25) is 0 Å². The van der Waals surface area contributed by atoms with Crippen molar-refractivity contribution in [2.75, 3.05) is 25.5 Å². The third-order valence-corrected chi connectivity index (χ3v) is 3.64. The Labute approximate surface area is 157 Å². The SMILES string of the molecule is CN(CC(=O)Nc1ccc(F)cc1)C(=O)COC(=O)c1cncc(Br)c1. The summed E-state index contributed by atoms with van der Waals surface area (Å²) in [4.78, 5) is 40.7. The predicted molar refractivity (Wildman–Crippen MR) is 94.9 cm³/mol. The second-order valence-electron chi connectivity index (χ2n) is 5.27. The highest BCUT2D eigenvalue weighted by Gasteiger charge is 2.16. The highest BCUT2D eigenvalue weighted by atomic mass is 79.9. The zero-order chi connectivity index (χ0) is 19.1. The van der Waals surface area contributed by atoms with Crippen LogP contribution < -0.4 is 5.32 Å². The largest absolute Gasteiger partial charge is 0.452 e. The zero-order valence-electron chi connectivity index (χ0n) is 13.7. The van der Waals surface area contributed by atoms with Crippen molar-refractivity contribution < 1.29 is 23.5 Å². The number of benzene rings is 1. The van der Waals surface area contributed by atoms with E-state index in [1.54, 1.807) is 0 Å². The molecule has 0 radical (unpaired) electrons. The number of carbonyl (C=O) groups excluding carboxylic acids is 3. The van der Waals surface area contributed by atoms with Crippen LogP contribution in [0.5, 0.6) is 0 Å². The van der Waals surface area contributed by atoms with Crippen LogP contribution >= 0.6 is 15.9 Å². The maximum atomic E-state index is 12.8. The highest BCUT2D eigenvalue weighted by molar-refractivity contribution is 9.10. The minimum Gasteiger partial charge on any atom is -0.452 e. The summed E-state index contributed by atoms with van der Waals surface area (Å²) in [5.41, 5.74) is 0.606. The van der Waals surface area contributed by atoms with Gasteiger partial charge in [-0.25, -0.2) is 9.18 Å². The fourth-order valence-electron chi connectivity index (χ4n) is 1.88. The van der Waals surface area contributed by atoms with Crippen LogP contribution in [0.1, 0.15) is 10.4 Å². The highest BCUT2D eigenvalue weighted by Crippen LogP contribution is 2.11. The molecule has 0 saturated carbocycles. The number of nitrogens with zero attached hydrogens (tertiary/aromatic N) is 2. The molecular weight excluding hydrogens is 409 g/mol. The molecule has 7 nitrogen and oxygen atoms in total. The van der Waals surface area contributed by atoms with E-state index in [1.807, 2.05) is 0 Å². The molecule has 0 fully saturated rings. The molecule has 26 heavy (non-hydrogen) atoms. The summed E-state index contributed by atoms with van der Waals surface area (Å²) in [5, 5.41) is 2.53. The summed E-state index contributed by atoms with van der Waals surface area (Å²) in [6.45, 7) is -0.752. The molecule has 2 amide bonds. The van der Waals surface area contributed by atoms with Crippen molar-refractivity contribution >= 4 is 39.4 Å². The molecule has 0 spiro atoms. The van der Waals surface area contributed by atoms with E-state index in [1.165, 1.54) is 49.8 Å². The topological polar surface area (TPSA) is 88.6 Å². The Morgan fingerprint density at radius 1 is 1.23 bits per heavy atom. The van der Waals surface area contributed by atoms with Crippen LogP contribution in [0.3, 0.4) is 0 Å². The van der Waals surface area contributed by atoms with Crippen molar-refractivity contribution in [3.05, 3.63) is 58.6 Å². The van der Waals surface area contributed by atoms with Gasteiger partial charge in [0, 0.05) is 29.6 Å². The van der Waals surface area contributed by atoms with E-state index in [9.17, 15) is 18.8 Å². The van der Waals surface area contributed by atoms with E-state index in [0.717, 1.165) is 4.90 Å². The van der Waals surface area contributed by atoms with Crippen LogP contribution in [0.4, 0.5) is 10.1 Å². The number of halogens is 2. The Balaban J connectivity index is 1.80. The van der Waals surface area contributed by atoms with Crippen molar-refractivity contribution in [2.24, 2.45) is 0 Å². The lowest BCUT2D eigenvalue weighted by Gasteiger charge is -2.16. The molecule has 0 bridgehead atoms. The number of esters is 1. The summed E-state index contributed by atoms with van der Waals surface area (Å²) in [6.07, 6.45) is 2.83. The number of pyridine rings is 1. The number of amides is 2. The third kappa shape index (κ3) is 5.92. The molecule has 0 saturated heterocycles. The minimum atomic E-state index is -0.698. The van der Waals surface area contributed by atoms with Gasteiger partial charge < -0.3 is 15.0 Å². The average Bonchev–Trinajstić information content (AvgIpc) is 2.61. The number of likely N-dealkylation sites (N-methyl/N-ethyl adjacent to an activating group) is 1. The van der Waals surface area contributed by atoms with Crippen molar-refractivity contribution in [1.29, 1.82) is 0 Å². The summed E-state index contributed by atoms with van der Waals surface area (Å²) < 4.78 is 18.3. The zero-order valence-corrected chi connectivity index (χ0v) is 15.3. The van der Waals surface area contributed by atoms with Gasteiger partial charge in [-0.15, -0.1) is 0 Å². The number of hydrogen-bond acceptors (Lipinski definition) is 5.